The quantitative estimate of drug-likeness (QED) is 0.627. The molecule has 1 aliphatic rings. The number of methoxy groups -OCH3 is 1. The van der Waals surface area contributed by atoms with Crippen LogP contribution in [0, 0.1) is 0 Å². The molecule has 0 radical (unpaired) electrons. The van der Waals surface area contributed by atoms with Crippen LogP contribution in [0.4, 0.5) is 0 Å². The lowest BCUT2D eigenvalue weighted by atomic mass is 10.4. The molecule has 1 heterocycles. The van der Waals surface area contributed by atoms with Crippen molar-refractivity contribution in [3.8, 4) is 0 Å². The van der Waals surface area contributed by atoms with Crippen LogP contribution in [0.5, 0.6) is 0 Å². The fourth-order valence-corrected chi connectivity index (χ4v) is 1.93. The summed E-state index contributed by atoms with van der Waals surface area (Å²) in [6.07, 6.45) is 0. The first-order valence-corrected chi connectivity index (χ1v) is 5.89. The molecule has 86 valence electrons. The molecule has 6 heteroatoms. The number of morpholine rings is 1. The van der Waals surface area contributed by atoms with Gasteiger partial charge in [0.05, 0.1) is 31.8 Å². The van der Waals surface area contributed by atoms with E-state index in [4.69, 9.17) is 4.74 Å². The second-order valence-electron chi connectivity index (χ2n) is 3.06. The zero-order valence-electron chi connectivity index (χ0n) is 8.73. The molecule has 1 aliphatic heterocycles. The van der Waals surface area contributed by atoms with Crippen LogP contribution in [0.25, 0.3) is 0 Å². The van der Waals surface area contributed by atoms with Gasteiger partial charge >= 0.3 is 5.97 Å². The van der Waals surface area contributed by atoms with Gasteiger partial charge in [0.2, 0.25) is 5.91 Å². The fraction of sp³-hybridized carbons (Fsp3) is 0.778. The summed E-state index contributed by atoms with van der Waals surface area (Å²) in [4.78, 5) is 24.1. The van der Waals surface area contributed by atoms with Crippen molar-refractivity contribution in [3.05, 3.63) is 0 Å². The Hall–Kier alpha value is -0.750. The number of carbonyl (C=O) groups is 2. The van der Waals surface area contributed by atoms with E-state index in [0.29, 0.717) is 32.1 Å². The lowest BCUT2D eigenvalue weighted by Crippen LogP contribution is -2.41. The Bertz CT molecular complexity index is 228. The van der Waals surface area contributed by atoms with Gasteiger partial charge in [0.1, 0.15) is 0 Å². The largest absolute Gasteiger partial charge is 0.468 e. The first-order valence-electron chi connectivity index (χ1n) is 4.74. The molecular weight excluding hydrogens is 218 g/mol. The van der Waals surface area contributed by atoms with E-state index in [1.165, 1.54) is 18.9 Å². The summed E-state index contributed by atoms with van der Waals surface area (Å²) in [6, 6.07) is 0. The van der Waals surface area contributed by atoms with Crippen molar-refractivity contribution >= 4 is 23.6 Å². The number of carbonyl (C=O) groups excluding carboxylic acids is 2. The number of rotatable bonds is 4. The molecule has 1 fully saturated rings. The van der Waals surface area contributed by atoms with Gasteiger partial charge in [-0.1, -0.05) is 0 Å². The fourth-order valence-electron chi connectivity index (χ4n) is 1.18. The van der Waals surface area contributed by atoms with Crippen molar-refractivity contribution in [2.45, 2.75) is 0 Å². The zero-order valence-corrected chi connectivity index (χ0v) is 9.55. The molecule has 0 aliphatic carbocycles. The van der Waals surface area contributed by atoms with E-state index in [-0.39, 0.29) is 17.6 Å². The van der Waals surface area contributed by atoms with Gasteiger partial charge in [-0.15, -0.1) is 11.8 Å². The summed E-state index contributed by atoms with van der Waals surface area (Å²) >= 11 is 1.28. The first kappa shape index (κ1) is 12.3. The Labute approximate surface area is 93.1 Å². The highest BCUT2D eigenvalue weighted by molar-refractivity contribution is 8.00. The van der Waals surface area contributed by atoms with Crippen LogP contribution in [0.1, 0.15) is 0 Å². The summed E-state index contributed by atoms with van der Waals surface area (Å²) < 4.78 is 9.61. The third kappa shape index (κ3) is 4.53. The molecule has 0 unspecified atom stereocenters. The second-order valence-corrected chi connectivity index (χ2v) is 4.05. The first-order chi connectivity index (χ1) is 7.24. The van der Waals surface area contributed by atoms with E-state index in [9.17, 15) is 9.59 Å². The van der Waals surface area contributed by atoms with Gasteiger partial charge in [0.25, 0.3) is 0 Å². The Morgan fingerprint density at radius 1 is 1.33 bits per heavy atom. The van der Waals surface area contributed by atoms with Crippen molar-refractivity contribution in [2.24, 2.45) is 0 Å². The van der Waals surface area contributed by atoms with Crippen LogP contribution in [0.15, 0.2) is 0 Å². The van der Waals surface area contributed by atoms with Gasteiger partial charge < -0.3 is 14.4 Å². The van der Waals surface area contributed by atoms with E-state index < -0.39 is 0 Å². The molecule has 15 heavy (non-hydrogen) atoms. The minimum atomic E-state index is -0.297. The van der Waals surface area contributed by atoms with Gasteiger partial charge in [0.15, 0.2) is 0 Å². The predicted octanol–water partition coefficient (Wildman–Crippen LogP) is -0.249. The monoisotopic (exact) mass is 233 g/mol. The molecule has 1 saturated heterocycles. The Kier molecular flexibility index (Phi) is 5.49. The average molecular weight is 233 g/mol. The van der Waals surface area contributed by atoms with Crippen LogP contribution in [-0.4, -0.2) is 61.7 Å². The highest BCUT2D eigenvalue weighted by Crippen LogP contribution is 2.05. The molecule has 1 amide bonds. The molecule has 1 rings (SSSR count). The molecule has 0 bridgehead atoms. The van der Waals surface area contributed by atoms with Gasteiger partial charge in [-0.2, -0.15) is 0 Å². The zero-order chi connectivity index (χ0) is 11.1. The molecule has 0 aromatic heterocycles. The van der Waals surface area contributed by atoms with Crippen molar-refractivity contribution in [1.29, 1.82) is 0 Å². The molecule has 0 N–H and O–H groups in total. The van der Waals surface area contributed by atoms with Gasteiger partial charge in [0, 0.05) is 13.1 Å². The molecule has 0 atom stereocenters. The summed E-state index contributed by atoms with van der Waals surface area (Å²) in [5.41, 5.74) is 0. The molecule has 0 aromatic rings. The lowest BCUT2D eigenvalue weighted by molar-refractivity contribution is -0.137. The van der Waals surface area contributed by atoms with Crippen molar-refractivity contribution in [3.63, 3.8) is 0 Å². The molecule has 0 aromatic carbocycles. The van der Waals surface area contributed by atoms with Gasteiger partial charge in [-0.25, -0.2) is 0 Å². The number of hydrogen-bond acceptors (Lipinski definition) is 5. The number of ether oxygens (including phenoxy) is 2. The number of nitrogens with zero attached hydrogens (tertiary/aromatic N) is 1. The van der Waals surface area contributed by atoms with E-state index >= 15 is 0 Å². The normalized spacial score (nSPS) is 16.2. The maximum absolute atomic E-state index is 11.6. The molecular formula is C9H15NO4S. The van der Waals surface area contributed by atoms with Gasteiger partial charge in [-0.05, 0) is 0 Å². The third-order valence-electron chi connectivity index (χ3n) is 2.04. The van der Waals surface area contributed by atoms with E-state index in [1.54, 1.807) is 4.90 Å². The summed E-state index contributed by atoms with van der Waals surface area (Å²) in [6.45, 7) is 2.51. The summed E-state index contributed by atoms with van der Waals surface area (Å²) in [5, 5.41) is 0. The Morgan fingerprint density at radius 2 is 2.00 bits per heavy atom. The highest BCUT2D eigenvalue weighted by atomic mass is 32.2. The second kappa shape index (κ2) is 6.68. The number of amides is 1. The smallest absolute Gasteiger partial charge is 0.315 e. The van der Waals surface area contributed by atoms with Crippen molar-refractivity contribution in [1.82, 2.24) is 4.90 Å². The maximum atomic E-state index is 11.6. The van der Waals surface area contributed by atoms with Crippen LogP contribution in [0.3, 0.4) is 0 Å². The van der Waals surface area contributed by atoms with Crippen LogP contribution in [0.2, 0.25) is 0 Å². The van der Waals surface area contributed by atoms with Crippen molar-refractivity contribution in [2.75, 3.05) is 44.9 Å². The van der Waals surface area contributed by atoms with E-state index in [0.717, 1.165) is 0 Å². The number of hydrogen-bond donors (Lipinski definition) is 0. The Morgan fingerprint density at radius 3 is 2.60 bits per heavy atom. The summed E-state index contributed by atoms with van der Waals surface area (Å²) in [5.74, 6) is 0.323. The topological polar surface area (TPSA) is 55.8 Å². The maximum Gasteiger partial charge on any atom is 0.315 e. The van der Waals surface area contributed by atoms with Gasteiger partial charge in [-0.3, -0.25) is 9.59 Å². The predicted molar refractivity (Wildman–Crippen MR) is 56.7 cm³/mol. The lowest BCUT2D eigenvalue weighted by Gasteiger charge is -2.26. The average Bonchev–Trinajstić information content (AvgIpc) is 2.29. The third-order valence-corrected chi connectivity index (χ3v) is 2.93. The minimum Gasteiger partial charge on any atom is -0.468 e. The molecule has 5 nitrogen and oxygen atoms in total. The van der Waals surface area contributed by atoms with E-state index in [2.05, 4.69) is 4.74 Å². The highest BCUT2D eigenvalue weighted by Gasteiger charge is 2.16. The number of esters is 1. The van der Waals surface area contributed by atoms with Crippen LogP contribution >= 0.6 is 11.8 Å². The SMILES string of the molecule is COC(=O)CSCC(=O)N1CCOCC1. The van der Waals surface area contributed by atoms with Crippen LogP contribution < -0.4 is 0 Å². The minimum absolute atomic E-state index is 0.0622. The molecule has 0 saturated carbocycles. The number of thioether (sulfide) groups is 1. The summed E-state index contributed by atoms with van der Waals surface area (Å²) in [7, 11) is 1.34. The molecule has 0 spiro atoms. The van der Waals surface area contributed by atoms with E-state index in [1.807, 2.05) is 0 Å². The standard InChI is InChI=1S/C9H15NO4S/c1-13-9(12)7-15-6-8(11)10-2-4-14-5-3-10/h2-7H2,1H3. The Balaban J connectivity index is 2.14. The van der Waals surface area contributed by atoms with Crippen molar-refractivity contribution < 1.29 is 19.1 Å². The van der Waals surface area contributed by atoms with Crippen LogP contribution in [-0.2, 0) is 19.1 Å².